The van der Waals surface area contributed by atoms with Crippen molar-refractivity contribution in [2.75, 3.05) is 16.8 Å². The number of benzene rings is 1. The molecule has 0 unspecified atom stereocenters. The number of sulfone groups is 1. The van der Waals surface area contributed by atoms with Gasteiger partial charge in [0.1, 0.15) is 0 Å². The number of nitrogens with one attached hydrogen (secondary N) is 1. The standard InChI is InChI=1S/C18H19ClF3N3O3S/c1-10(2)16-8-15(24-25(16)12-5-6-29(27,28)9-12)17(26)23-11-3-4-14(19)13(7-11)18(20,21)22/h3-4,7-8,10,12H,5-6,9H2,1-2H3,(H,23,26)/t12-/m1/s1. The molecule has 1 N–H and O–H groups in total. The van der Waals surface area contributed by atoms with Gasteiger partial charge in [-0.3, -0.25) is 9.48 Å². The number of alkyl halides is 3. The zero-order chi connectivity index (χ0) is 21.6. The van der Waals surface area contributed by atoms with Crippen molar-refractivity contribution in [1.82, 2.24) is 9.78 Å². The highest BCUT2D eigenvalue weighted by Gasteiger charge is 2.34. The summed E-state index contributed by atoms with van der Waals surface area (Å²) in [6.45, 7) is 3.76. The molecular weight excluding hydrogens is 431 g/mol. The Balaban J connectivity index is 1.88. The van der Waals surface area contributed by atoms with Gasteiger partial charge in [0, 0.05) is 11.4 Å². The Morgan fingerprint density at radius 2 is 2.00 bits per heavy atom. The zero-order valence-corrected chi connectivity index (χ0v) is 17.2. The number of rotatable bonds is 4. The molecule has 1 aliphatic heterocycles. The van der Waals surface area contributed by atoms with Crippen molar-refractivity contribution >= 4 is 33.0 Å². The minimum atomic E-state index is -4.65. The molecule has 0 aliphatic carbocycles. The van der Waals surface area contributed by atoms with Crippen LogP contribution in [0.1, 0.15) is 54.0 Å². The van der Waals surface area contributed by atoms with Gasteiger partial charge in [-0.1, -0.05) is 25.4 Å². The second-order valence-electron chi connectivity index (χ2n) is 7.26. The van der Waals surface area contributed by atoms with Crippen LogP contribution in [0.5, 0.6) is 0 Å². The van der Waals surface area contributed by atoms with Crippen LogP contribution in [0.2, 0.25) is 5.02 Å². The van der Waals surface area contributed by atoms with Crippen LogP contribution in [0.3, 0.4) is 0 Å². The zero-order valence-electron chi connectivity index (χ0n) is 15.6. The fraction of sp³-hybridized carbons (Fsp3) is 0.444. The Hall–Kier alpha value is -2.07. The van der Waals surface area contributed by atoms with E-state index >= 15 is 0 Å². The molecule has 0 saturated carbocycles. The van der Waals surface area contributed by atoms with E-state index in [2.05, 4.69) is 10.4 Å². The molecule has 0 spiro atoms. The Kier molecular flexibility index (Phi) is 5.70. The number of hydrogen-bond donors (Lipinski definition) is 1. The molecule has 6 nitrogen and oxygen atoms in total. The Morgan fingerprint density at radius 1 is 1.31 bits per heavy atom. The van der Waals surface area contributed by atoms with Gasteiger partial charge in [0.25, 0.3) is 5.91 Å². The van der Waals surface area contributed by atoms with Gasteiger partial charge in [-0.05, 0) is 36.6 Å². The van der Waals surface area contributed by atoms with Crippen LogP contribution in [0.4, 0.5) is 18.9 Å². The molecule has 1 fully saturated rings. The summed E-state index contributed by atoms with van der Waals surface area (Å²) in [7, 11) is -3.15. The van der Waals surface area contributed by atoms with E-state index in [1.165, 1.54) is 12.1 Å². The molecule has 0 bridgehead atoms. The molecule has 1 saturated heterocycles. The average Bonchev–Trinajstić information content (AvgIpc) is 3.19. The molecule has 0 radical (unpaired) electrons. The number of halogens is 4. The fourth-order valence-corrected chi connectivity index (χ4v) is 5.14. The first-order valence-electron chi connectivity index (χ1n) is 8.85. The van der Waals surface area contributed by atoms with Crippen LogP contribution >= 0.6 is 11.6 Å². The van der Waals surface area contributed by atoms with Crippen LogP contribution < -0.4 is 5.32 Å². The van der Waals surface area contributed by atoms with Crippen LogP contribution in [0.15, 0.2) is 24.3 Å². The first-order valence-corrected chi connectivity index (χ1v) is 11.1. The number of amides is 1. The summed E-state index contributed by atoms with van der Waals surface area (Å²) in [5.41, 5.74) is -0.441. The maximum atomic E-state index is 13.0. The largest absolute Gasteiger partial charge is 0.417 e. The third-order valence-electron chi connectivity index (χ3n) is 4.67. The summed E-state index contributed by atoms with van der Waals surface area (Å²) in [5, 5.41) is 6.18. The van der Waals surface area contributed by atoms with Crippen LogP contribution in [0.25, 0.3) is 0 Å². The second-order valence-corrected chi connectivity index (χ2v) is 9.89. The first kappa shape index (κ1) is 21.6. The molecule has 158 valence electrons. The molecule has 2 heterocycles. The predicted molar refractivity (Wildman–Crippen MR) is 103 cm³/mol. The SMILES string of the molecule is CC(C)c1cc(C(=O)Nc2ccc(Cl)c(C(F)(F)F)c2)nn1[C@@H]1CCS(=O)(=O)C1. The van der Waals surface area contributed by atoms with Gasteiger partial charge >= 0.3 is 6.18 Å². The van der Waals surface area contributed by atoms with E-state index < -0.39 is 32.5 Å². The molecule has 3 rings (SSSR count). The lowest BCUT2D eigenvalue weighted by molar-refractivity contribution is -0.137. The Labute approximate surface area is 171 Å². The summed E-state index contributed by atoms with van der Waals surface area (Å²) < 4.78 is 64.2. The molecule has 1 aromatic heterocycles. The summed E-state index contributed by atoms with van der Waals surface area (Å²) in [6.07, 6.45) is -4.25. The van der Waals surface area contributed by atoms with Gasteiger partial charge < -0.3 is 5.32 Å². The maximum absolute atomic E-state index is 13.0. The Bertz CT molecular complexity index is 1050. The minimum absolute atomic E-state index is 0.00140. The van der Waals surface area contributed by atoms with Crippen molar-refractivity contribution in [2.24, 2.45) is 0 Å². The highest BCUT2D eigenvalue weighted by atomic mass is 35.5. The summed E-state index contributed by atoms with van der Waals surface area (Å²) >= 11 is 5.59. The molecular formula is C18H19ClF3N3O3S. The normalized spacial score (nSPS) is 18.9. The molecule has 2 aromatic rings. The minimum Gasteiger partial charge on any atom is -0.321 e. The van der Waals surface area contributed by atoms with E-state index in [0.717, 1.165) is 12.1 Å². The maximum Gasteiger partial charge on any atom is 0.417 e. The van der Waals surface area contributed by atoms with Gasteiger partial charge in [0.15, 0.2) is 15.5 Å². The van der Waals surface area contributed by atoms with E-state index in [4.69, 9.17) is 11.6 Å². The van der Waals surface area contributed by atoms with Crippen molar-refractivity contribution in [2.45, 2.75) is 38.4 Å². The lowest BCUT2D eigenvalue weighted by Crippen LogP contribution is -2.18. The average molecular weight is 450 g/mol. The van der Waals surface area contributed by atoms with Crippen molar-refractivity contribution in [1.29, 1.82) is 0 Å². The van der Waals surface area contributed by atoms with Gasteiger partial charge in [0.05, 0.1) is 28.1 Å². The molecule has 29 heavy (non-hydrogen) atoms. The van der Waals surface area contributed by atoms with Gasteiger partial charge in [-0.15, -0.1) is 0 Å². The quantitative estimate of drug-likeness (QED) is 0.755. The van der Waals surface area contributed by atoms with Crippen molar-refractivity contribution < 1.29 is 26.4 Å². The van der Waals surface area contributed by atoms with Gasteiger partial charge in [-0.2, -0.15) is 18.3 Å². The molecule has 1 amide bonds. The van der Waals surface area contributed by atoms with Gasteiger partial charge in [-0.25, -0.2) is 8.42 Å². The highest BCUT2D eigenvalue weighted by Crippen LogP contribution is 2.36. The lowest BCUT2D eigenvalue weighted by Gasteiger charge is -2.15. The molecule has 1 atom stereocenters. The topological polar surface area (TPSA) is 81.1 Å². The molecule has 1 aliphatic rings. The van der Waals surface area contributed by atoms with Crippen molar-refractivity contribution in [3.8, 4) is 0 Å². The van der Waals surface area contributed by atoms with E-state index in [1.807, 2.05) is 13.8 Å². The van der Waals surface area contributed by atoms with Crippen molar-refractivity contribution in [3.05, 3.63) is 46.2 Å². The number of aromatic nitrogens is 2. The monoisotopic (exact) mass is 449 g/mol. The van der Waals surface area contributed by atoms with E-state index in [-0.39, 0.29) is 34.8 Å². The summed E-state index contributed by atoms with van der Waals surface area (Å²) in [5.74, 6) is -0.718. The molecule has 1 aromatic carbocycles. The fourth-order valence-electron chi connectivity index (χ4n) is 3.23. The highest BCUT2D eigenvalue weighted by molar-refractivity contribution is 7.91. The summed E-state index contributed by atoms with van der Waals surface area (Å²) in [4.78, 5) is 12.6. The summed E-state index contributed by atoms with van der Waals surface area (Å²) in [6, 6.07) is 4.24. The second kappa shape index (κ2) is 7.64. The molecule has 11 heteroatoms. The number of hydrogen-bond acceptors (Lipinski definition) is 4. The van der Waals surface area contributed by atoms with Crippen molar-refractivity contribution in [3.63, 3.8) is 0 Å². The smallest absolute Gasteiger partial charge is 0.321 e. The van der Waals surface area contributed by atoms with Crippen LogP contribution in [-0.2, 0) is 16.0 Å². The number of carbonyl (C=O) groups is 1. The number of nitrogens with zero attached hydrogens (tertiary/aromatic N) is 2. The number of anilines is 1. The lowest BCUT2D eigenvalue weighted by atomic mass is 10.1. The van der Waals surface area contributed by atoms with Crippen LogP contribution in [-0.4, -0.2) is 35.6 Å². The van der Waals surface area contributed by atoms with Crippen LogP contribution in [0, 0.1) is 0 Å². The third kappa shape index (κ3) is 4.75. The predicted octanol–water partition coefficient (Wildman–Crippen LogP) is 4.29. The third-order valence-corrected chi connectivity index (χ3v) is 6.75. The Morgan fingerprint density at radius 3 is 2.55 bits per heavy atom. The van der Waals surface area contributed by atoms with E-state index in [9.17, 15) is 26.4 Å². The van der Waals surface area contributed by atoms with E-state index in [0.29, 0.717) is 12.1 Å². The number of carbonyl (C=O) groups excluding carboxylic acids is 1. The van der Waals surface area contributed by atoms with E-state index in [1.54, 1.807) is 4.68 Å². The first-order chi connectivity index (χ1) is 13.4. The van der Waals surface area contributed by atoms with Gasteiger partial charge in [0.2, 0.25) is 0 Å².